The van der Waals surface area contributed by atoms with Crippen molar-refractivity contribution in [1.29, 1.82) is 0 Å². The summed E-state index contributed by atoms with van der Waals surface area (Å²) in [6.45, 7) is 2.32. The molecule has 0 bridgehead atoms. The molecular weight excluding hydrogens is 190 g/mol. The molecule has 2 aliphatic rings. The Morgan fingerprint density at radius 2 is 2.00 bits per heavy atom. The molecule has 1 aliphatic heterocycles. The van der Waals surface area contributed by atoms with Crippen molar-refractivity contribution >= 4 is 0 Å². The monoisotopic (exact) mass is 213 g/mol. The first-order valence-corrected chi connectivity index (χ1v) is 6.32. The molecule has 0 radical (unpaired) electrons. The van der Waals surface area contributed by atoms with Gasteiger partial charge in [-0.15, -0.1) is 0 Å². The van der Waals surface area contributed by atoms with Crippen LogP contribution in [0.4, 0.5) is 0 Å². The molecule has 1 aliphatic carbocycles. The van der Waals surface area contributed by atoms with Gasteiger partial charge in [-0.25, -0.2) is 0 Å². The summed E-state index contributed by atoms with van der Waals surface area (Å²) in [4.78, 5) is 0. The molecule has 15 heavy (non-hydrogen) atoms. The highest BCUT2D eigenvalue weighted by molar-refractivity contribution is 4.86. The summed E-state index contributed by atoms with van der Waals surface area (Å²) in [5.41, 5.74) is 0. The molecule has 3 atom stereocenters. The molecular formula is C12H23NO2. The summed E-state index contributed by atoms with van der Waals surface area (Å²) >= 11 is 0. The molecule has 0 aromatic carbocycles. The fourth-order valence-electron chi connectivity index (χ4n) is 2.80. The van der Waals surface area contributed by atoms with Crippen LogP contribution < -0.4 is 5.32 Å². The molecule has 1 saturated carbocycles. The third kappa shape index (κ3) is 2.92. The first-order valence-electron chi connectivity index (χ1n) is 6.32. The lowest BCUT2D eigenvalue weighted by Gasteiger charge is -2.26. The lowest BCUT2D eigenvalue weighted by atomic mass is 10.1. The van der Waals surface area contributed by atoms with Gasteiger partial charge in [-0.05, 0) is 32.6 Å². The minimum absolute atomic E-state index is 0.151. The fourth-order valence-corrected chi connectivity index (χ4v) is 2.80. The Labute approximate surface area is 92.2 Å². The number of aliphatic hydroxyl groups is 1. The van der Waals surface area contributed by atoms with Crippen molar-refractivity contribution in [1.82, 2.24) is 5.32 Å². The predicted molar refractivity (Wildman–Crippen MR) is 59.8 cm³/mol. The van der Waals surface area contributed by atoms with Gasteiger partial charge >= 0.3 is 0 Å². The van der Waals surface area contributed by atoms with E-state index in [0.29, 0.717) is 12.1 Å². The third-order valence-corrected chi connectivity index (χ3v) is 3.72. The van der Waals surface area contributed by atoms with Gasteiger partial charge in [-0.1, -0.05) is 12.8 Å². The van der Waals surface area contributed by atoms with Crippen LogP contribution in [0.25, 0.3) is 0 Å². The van der Waals surface area contributed by atoms with Crippen molar-refractivity contribution in [3.05, 3.63) is 0 Å². The maximum Gasteiger partial charge on any atom is 0.0755 e. The van der Waals surface area contributed by atoms with Crippen LogP contribution in [0.3, 0.4) is 0 Å². The molecule has 2 N–H and O–H groups in total. The minimum atomic E-state index is 0.151. The smallest absolute Gasteiger partial charge is 0.0755 e. The number of nitrogens with one attached hydrogen (secondary N) is 1. The predicted octanol–water partition coefficient (Wildman–Crippen LogP) is 1.45. The summed E-state index contributed by atoms with van der Waals surface area (Å²) in [5, 5.41) is 12.9. The lowest BCUT2D eigenvalue weighted by Crippen LogP contribution is -2.46. The molecule has 1 saturated heterocycles. The zero-order valence-corrected chi connectivity index (χ0v) is 9.61. The number of hydrogen-bond donors (Lipinski definition) is 2. The van der Waals surface area contributed by atoms with Crippen LogP contribution in [0.1, 0.15) is 45.4 Å². The number of ether oxygens (including phenoxy) is 1. The average molecular weight is 213 g/mol. The van der Waals surface area contributed by atoms with E-state index < -0.39 is 0 Å². The van der Waals surface area contributed by atoms with Crippen molar-refractivity contribution < 1.29 is 9.84 Å². The average Bonchev–Trinajstić information content (AvgIpc) is 2.85. The van der Waals surface area contributed by atoms with E-state index in [0.717, 1.165) is 12.8 Å². The van der Waals surface area contributed by atoms with Crippen molar-refractivity contribution in [3.8, 4) is 0 Å². The van der Waals surface area contributed by atoms with Crippen LogP contribution in [-0.4, -0.2) is 36.0 Å². The van der Waals surface area contributed by atoms with Gasteiger partial charge < -0.3 is 15.2 Å². The second kappa shape index (κ2) is 5.28. The van der Waals surface area contributed by atoms with E-state index >= 15 is 0 Å². The Balaban J connectivity index is 1.80. The van der Waals surface area contributed by atoms with Crippen LogP contribution in [0.2, 0.25) is 0 Å². The fraction of sp³-hybridized carbons (Fsp3) is 1.00. The Bertz CT molecular complexity index is 192. The lowest BCUT2D eigenvalue weighted by molar-refractivity contribution is 0.0144. The van der Waals surface area contributed by atoms with Gasteiger partial charge in [-0.2, -0.15) is 0 Å². The summed E-state index contributed by atoms with van der Waals surface area (Å²) in [6, 6.07) is 0.764. The highest BCUT2D eigenvalue weighted by Crippen LogP contribution is 2.24. The molecule has 3 unspecified atom stereocenters. The van der Waals surface area contributed by atoms with E-state index in [1.165, 1.54) is 25.7 Å². The Hall–Kier alpha value is -0.120. The van der Waals surface area contributed by atoms with E-state index in [-0.39, 0.29) is 18.8 Å². The number of rotatable bonds is 4. The van der Waals surface area contributed by atoms with Gasteiger partial charge in [0.25, 0.3) is 0 Å². The van der Waals surface area contributed by atoms with Gasteiger partial charge in [0.05, 0.1) is 24.9 Å². The van der Waals surface area contributed by atoms with E-state index in [4.69, 9.17) is 4.74 Å². The number of aliphatic hydroxyl groups excluding tert-OH is 1. The molecule has 1 heterocycles. The first kappa shape index (κ1) is 11.4. The Morgan fingerprint density at radius 1 is 1.27 bits per heavy atom. The summed E-state index contributed by atoms with van der Waals surface area (Å²) in [5.74, 6) is 0. The largest absolute Gasteiger partial charge is 0.395 e. The van der Waals surface area contributed by atoms with Gasteiger partial charge in [0, 0.05) is 6.04 Å². The normalized spacial score (nSPS) is 34.8. The van der Waals surface area contributed by atoms with Gasteiger partial charge in [-0.3, -0.25) is 0 Å². The molecule has 0 aromatic heterocycles. The van der Waals surface area contributed by atoms with Crippen molar-refractivity contribution in [2.45, 2.75) is 69.7 Å². The first-order chi connectivity index (χ1) is 7.29. The van der Waals surface area contributed by atoms with Crippen LogP contribution >= 0.6 is 0 Å². The maximum atomic E-state index is 9.39. The SMILES string of the molecule is CC1CCC(C(CO)NC2CCCC2)O1. The quantitative estimate of drug-likeness (QED) is 0.742. The van der Waals surface area contributed by atoms with Gasteiger partial charge in [0.2, 0.25) is 0 Å². The highest BCUT2D eigenvalue weighted by Gasteiger charge is 2.31. The van der Waals surface area contributed by atoms with Crippen molar-refractivity contribution in [3.63, 3.8) is 0 Å². The zero-order chi connectivity index (χ0) is 10.7. The molecule has 0 aromatic rings. The third-order valence-electron chi connectivity index (χ3n) is 3.72. The second-order valence-corrected chi connectivity index (χ2v) is 5.00. The zero-order valence-electron chi connectivity index (χ0n) is 9.61. The van der Waals surface area contributed by atoms with E-state index in [1.807, 2.05) is 0 Å². The second-order valence-electron chi connectivity index (χ2n) is 5.00. The maximum absolute atomic E-state index is 9.39. The molecule has 3 nitrogen and oxygen atoms in total. The van der Waals surface area contributed by atoms with Crippen LogP contribution in [0.15, 0.2) is 0 Å². The molecule has 2 fully saturated rings. The van der Waals surface area contributed by atoms with E-state index in [1.54, 1.807) is 0 Å². The van der Waals surface area contributed by atoms with Gasteiger partial charge in [0.1, 0.15) is 0 Å². The highest BCUT2D eigenvalue weighted by atomic mass is 16.5. The minimum Gasteiger partial charge on any atom is -0.395 e. The van der Waals surface area contributed by atoms with Crippen molar-refractivity contribution in [2.75, 3.05) is 6.61 Å². The van der Waals surface area contributed by atoms with Crippen molar-refractivity contribution in [2.24, 2.45) is 0 Å². The molecule has 88 valence electrons. The Kier molecular flexibility index (Phi) is 4.00. The van der Waals surface area contributed by atoms with Crippen LogP contribution in [0, 0.1) is 0 Å². The topological polar surface area (TPSA) is 41.5 Å². The van der Waals surface area contributed by atoms with Crippen LogP contribution in [-0.2, 0) is 4.74 Å². The molecule has 2 rings (SSSR count). The van der Waals surface area contributed by atoms with Crippen LogP contribution in [0.5, 0.6) is 0 Å². The summed E-state index contributed by atoms with van der Waals surface area (Å²) in [6.07, 6.45) is 8.01. The molecule has 0 amide bonds. The summed E-state index contributed by atoms with van der Waals surface area (Å²) < 4.78 is 5.80. The molecule has 3 heteroatoms. The number of hydrogen-bond acceptors (Lipinski definition) is 3. The van der Waals surface area contributed by atoms with E-state index in [9.17, 15) is 5.11 Å². The Morgan fingerprint density at radius 3 is 2.53 bits per heavy atom. The van der Waals surface area contributed by atoms with E-state index in [2.05, 4.69) is 12.2 Å². The standard InChI is InChI=1S/C12H23NO2/c1-9-6-7-12(15-9)11(8-14)13-10-4-2-3-5-10/h9-14H,2-8H2,1H3. The molecule has 0 spiro atoms. The van der Waals surface area contributed by atoms with Gasteiger partial charge in [0.15, 0.2) is 0 Å². The summed E-state index contributed by atoms with van der Waals surface area (Å²) in [7, 11) is 0.